The maximum absolute atomic E-state index is 10.9. The normalized spacial score (nSPS) is 12.9. The Kier molecular flexibility index (Phi) is 8.08. The van der Waals surface area contributed by atoms with Crippen LogP contribution in [0.3, 0.4) is 0 Å². The fourth-order valence-corrected chi connectivity index (χ4v) is 6.94. The number of rotatable bonds is 12. The maximum Gasteiger partial charge on any atom is 0.303 e. The second-order valence-corrected chi connectivity index (χ2v) is 12.0. The molecule has 0 saturated heterocycles. The highest BCUT2D eigenvalue weighted by Crippen LogP contribution is 2.56. The summed E-state index contributed by atoms with van der Waals surface area (Å²) in [6.07, 6.45) is 1.08. The molecule has 7 rings (SSSR count). The Morgan fingerprint density at radius 2 is 0.915 bits per heavy atom. The van der Waals surface area contributed by atoms with Crippen molar-refractivity contribution in [2.75, 3.05) is 13.2 Å². The molecule has 0 saturated carbocycles. The van der Waals surface area contributed by atoms with Crippen molar-refractivity contribution < 1.29 is 29.3 Å². The number of ether oxygens (including phenoxy) is 2. The molecule has 0 aliphatic heterocycles. The Bertz CT molecular complexity index is 1980. The molecular weight excluding hydrogens is 588 g/mol. The van der Waals surface area contributed by atoms with Gasteiger partial charge in [-0.25, -0.2) is 0 Å². The standard InChI is InChI=1S/C41H34O6/c42-39(43)11-5-21-46-33-19-15-27-23-31(17-13-29(27)25-33)41(37-9-3-1-7-35(37)36-8-2-4-10-38(36)41)32-18-14-30-26-34(20-16-28(30)24-32)47-22-6-12-40(44)45/h1-4,7-10,13-20,23-26H,5-6,11-12,21-22H2,(H,42,43)(H,44,45). The lowest BCUT2D eigenvalue weighted by Crippen LogP contribution is -2.28. The van der Waals surface area contributed by atoms with E-state index >= 15 is 0 Å². The summed E-state index contributed by atoms with van der Waals surface area (Å²) < 4.78 is 11.7. The topological polar surface area (TPSA) is 93.1 Å². The minimum atomic E-state index is -0.821. The van der Waals surface area contributed by atoms with Gasteiger partial charge in [-0.15, -0.1) is 0 Å². The molecule has 6 heteroatoms. The van der Waals surface area contributed by atoms with Gasteiger partial charge in [-0.1, -0.05) is 84.9 Å². The molecule has 0 spiro atoms. The minimum Gasteiger partial charge on any atom is -0.494 e. The van der Waals surface area contributed by atoms with Crippen LogP contribution < -0.4 is 9.47 Å². The van der Waals surface area contributed by atoms with E-state index in [2.05, 4.69) is 97.1 Å². The average molecular weight is 623 g/mol. The average Bonchev–Trinajstić information content (AvgIpc) is 3.39. The fraction of sp³-hybridized carbons (Fsp3) is 0.171. The fourth-order valence-electron chi connectivity index (χ4n) is 6.94. The second-order valence-electron chi connectivity index (χ2n) is 12.0. The van der Waals surface area contributed by atoms with Crippen molar-refractivity contribution in [2.45, 2.75) is 31.1 Å². The molecule has 6 aromatic carbocycles. The first-order valence-corrected chi connectivity index (χ1v) is 15.9. The van der Waals surface area contributed by atoms with Gasteiger partial charge in [0.2, 0.25) is 0 Å². The molecule has 0 aromatic heterocycles. The van der Waals surface area contributed by atoms with Gasteiger partial charge >= 0.3 is 11.9 Å². The predicted molar refractivity (Wildman–Crippen MR) is 183 cm³/mol. The van der Waals surface area contributed by atoms with Crippen molar-refractivity contribution >= 4 is 33.5 Å². The lowest BCUT2D eigenvalue weighted by Gasteiger charge is -2.34. The van der Waals surface area contributed by atoms with E-state index in [0.717, 1.165) is 44.2 Å². The van der Waals surface area contributed by atoms with Crippen molar-refractivity contribution in [1.29, 1.82) is 0 Å². The van der Waals surface area contributed by atoms with Crippen molar-refractivity contribution in [2.24, 2.45) is 0 Å². The summed E-state index contributed by atoms with van der Waals surface area (Å²) in [6, 6.07) is 42.7. The Balaban J connectivity index is 1.32. The van der Waals surface area contributed by atoms with Gasteiger partial charge in [0, 0.05) is 12.8 Å². The second kappa shape index (κ2) is 12.6. The molecule has 2 N–H and O–H groups in total. The molecule has 1 aliphatic carbocycles. The molecule has 0 radical (unpaired) electrons. The van der Waals surface area contributed by atoms with Crippen LogP contribution in [0.5, 0.6) is 11.5 Å². The molecule has 0 atom stereocenters. The molecule has 6 aromatic rings. The quantitative estimate of drug-likeness (QED) is 0.132. The van der Waals surface area contributed by atoms with Gasteiger partial charge in [0.05, 0.1) is 18.6 Å². The number of hydrogen-bond donors (Lipinski definition) is 2. The van der Waals surface area contributed by atoms with Gasteiger partial charge in [-0.2, -0.15) is 0 Å². The van der Waals surface area contributed by atoms with E-state index in [-0.39, 0.29) is 12.8 Å². The van der Waals surface area contributed by atoms with Gasteiger partial charge < -0.3 is 19.7 Å². The van der Waals surface area contributed by atoms with Crippen LogP contribution in [0.4, 0.5) is 0 Å². The van der Waals surface area contributed by atoms with Crippen LogP contribution in [0.1, 0.15) is 47.9 Å². The predicted octanol–water partition coefficient (Wildman–Crippen LogP) is 8.84. The molecule has 0 unspecified atom stereocenters. The molecule has 0 heterocycles. The first-order valence-electron chi connectivity index (χ1n) is 15.9. The largest absolute Gasteiger partial charge is 0.494 e. The summed E-state index contributed by atoms with van der Waals surface area (Å²) in [5, 5.41) is 22.1. The number of carboxylic acids is 2. The number of aliphatic carboxylic acids is 2. The monoisotopic (exact) mass is 622 g/mol. The van der Waals surface area contributed by atoms with Crippen LogP contribution in [0, 0.1) is 0 Å². The van der Waals surface area contributed by atoms with E-state index in [1.807, 2.05) is 24.3 Å². The van der Waals surface area contributed by atoms with Crippen molar-refractivity contribution in [1.82, 2.24) is 0 Å². The van der Waals surface area contributed by atoms with Gasteiger partial charge in [0.1, 0.15) is 11.5 Å². The Morgan fingerprint density at radius 3 is 1.36 bits per heavy atom. The maximum atomic E-state index is 10.9. The molecule has 0 bridgehead atoms. The number of benzene rings is 6. The van der Waals surface area contributed by atoms with Crippen LogP contribution in [-0.2, 0) is 15.0 Å². The van der Waals surface area contributed by atoms with E-state index in [1.165, 1.54) is 22.3 Å². The van der Waals surface area contributed by atoms with E-state index in [4.69, 9.17) is 19.7 Å². The first-order chi connectivity index (χ1) is 22.9. The SMILES string of the molecule is O=C(O)CCCOc1ccc2cc(C3(c4ccc5cc(OCCCC(=O)O)ccc5c4)c4ccccc4-c4ccccc43)ccc2c1. The van der Waals surface area contributed by atoms with Crippen molar-refractivity contribution in [3.63, 3.8) is 0 Å². The zero-order valence-electron chi connectivity index (χ0n) is 25.8. The molecule has 0 amide bonds. The van der Waals surface area contributed by atoms with Crippen molar-refractivity contribution in [3.8, 4) is 22.6 Å². The Labute approximate surface area is 272 Å². The minimum absolute atomic E-state index is 0.0836. The Morgan fingerprint density at radius 1 is 0.511 bits per heavy atom. The first kappa shape index (κ1) is 30.1. The number of carbonyl (C=O) groups is 2. The summed E-state index contributed by atoms with van der Waals surface area (Å²) in [7, 11) is 0. The van der Waals surface area contributed by atoms with Crippen LogP contribution in [0.25, 0.3) is 32.7 Å². The summed E-state index contributed by atoms with van der Waals surface area (Å²) in [5.74, 6) is -0.194. The summed E-state index contributed by atoms with van der Waals surface area (Å²) in [4.78, 5) is 21.7. The van der Waals surface area contributed by atoms with E-state index in [0.29, 0.717) is 26.1 Å². The third-order valence-corrected chi connectivity index (χ3v) is 9.05. The highest BCUT2D eigenvalue weighted by Gasteiger charge is 2.46. The van der Waals surface area contributed by atoms with E-state index in [9.17, 15) is 9.59 Å². The molecule has 1 aliphatic rings. The molecule has 234 valence electrons. The lowest BCUT2D eigenvalue weighted by molar-refractivity contribution is -0.138. The smallest absolute Gasteiger partial charge is 0.303 e. The molecular formula is C41H34O6. The molecule has 6 nitrogen and oxygen atoms in total. The third kappa shape index (κ3) is 5.67. The summed E-state index contributed by atoms with van der Waals surface area (Å²) in [5.41, 5.74) is 6.67. The van der Waals surface area contributed by atoms with Crippen LogP contribution >= 0.6 is 0 Å². The van der Waals surface area contributed by atoms with Crippen LogP contribution in [0.15, 0.2) is 121 Å². The highest BCUT2D eigenvalue weighted by atomic mass is 16.5. The Hall–Kier alpha value is -5.62. The van der Waals surface area contributed by atoms with E-state index < -0.39 is 17.4 Å². The zero-order valence-corrected chi connectivity index (χ0v) is 25.8. The zero-order chi connectivity index (χ0) is 32.4. The van der Waals surface area contributed by atoms with E-state index in [1.54, 1.807) is 0 Å². The van der Waals surface area contributed by atoms with Gasteiger partial charge in [-0.05, 0) is 104 Å². The summed E-state index contributed by atoms with van der Waals surface area (Å²) in [6.45, 7) is 0.708. The van der Waals surface area contributed by atoms with Crippen molar-refractivity contribution in [3.05, 3.63) is 144 Å². The van der Waals surface area contributed by atoms with Crippen LogP contribution in [-0.4, -0.2) is 35.4 Å². The highest BCUT2D eigenvalue weighted by molar-refractivity contribution is 5.92. The number of carboxylic acid groups (broad SMARTS) is 2. The van der Waals surface area contributed by atoms with Crippen LogP contribution in [0.2, 0.25) is 0 Å². The van der Waals surface area contributed by atoms with Gasteiger partial charge in [0.25, 0.3) is 0 Å². The number of fused-ring (bicyclic) bond motifs is 5. The molecule has 0 fully saturated rings. The lowest BCUT2D eigenvalue weighted by atomic mass is 9.67. The van der Waals surface area contributed by atoms with Gasteiger partial charge in [-0.3, -0.25) is 9.59 Å². The number of hydrogen-bond acceptors (Lipinski definition) is 4. The molecule has 47 heavy (non-hydrogen) atoms. The summed E-state index contributed by atoms with van der Waals surface area (Å²) >= 11 is 0. The van der Waals surface area contributed by atoms with Gasteiger partial charge in [0.15, 0.2) is 0 Å². The third-order valence-electron chi connectivity index (χ3n) is 9.05.